The van der Waals surface area contributed by atoms with Crippen LogP contribution in [0.1, 0.15) is 92.4 Å². The summed E-state index contributed by atoms with van der Waals surface area (Å²) in [6.45, 7) is 9.48. The minimum atomic E-state index is -1.76. The first-order valence-corrected chi connectivity index (χ1v) is 22.9. The van der Waals surface area contributed by atoms with Crippen molar-refractivity contribution in [1.82, 2.24) is 0 Å². The van der Waals surface area contributed by atoms with Gasteiger partial charge in [0.15, 0.2) is 24.7 Å². The molecule has 0 aromatic heterocycles. The van der Waals surface area contributed by atoms with E-state index >= 15 is 0 Å². The van der Waals surface area contributed by atoms with Crippen LogP contribution in [0.5, 0.6) is 0 Å². The number of hydrogen-bond acceptors (Lipinski definition) is 18. The number of hydrogen-bond donors (Lipinski definition) is 10. The van der Waals surface area contributed by atoms with E-state index in [2.05, 4.69) is 26.8 Å². The molecule has 1 spiro atoms. The van der Waals surface area contributed by atoms with E-state index in [0.717, 1.165) is 18.4 Å². The third-order valence-corrected chi connectivity index (χ3v) is 17.7. The van der Waals surface area contributed by atoms with E-state index in [9.17, 15) is 51.1 Å². The molecular weight excluding hydrogens is 816 g/mol. The molecule has 0 radical (unpaired) electrons. The van der Waals surface area contributed by atoms with Crippen LogP contribution < -0.4 is 0 Å². The number of rotatable bonds is 7. The number of aliphatic hydroxyl groups is 10. The fourth-order valence-electron chi connectivity index (χ4n) is 13.6. The highest BCUT2D eigenvalue weighted by molar-refractivity contribution is 5.33. The molecule has 25 atom stereocenters. The maximum absolute atomic E-state index is 13.0. The van der Waals surface area contributed by atoms with Crippen molar-refractivity contribution >= 4 is 0 Å². The van der Waals surface area contributed by atoms with Crippen molar-refractivity contribution in [1.29, 1.82) is 0 Å². The summed E-state index contributed by atoms with van der Waals surface area (Å²) in [5.41, 5.74) is -2.40. The zero-order valence-electron chi connectivity index (χ0n) is 36.3. The minimum absolute atomic E-state index is 0.109. The smallest absolute Gasteiger partial charge is 0.187 e. The summed E-state index contributed by atoms with van der Waals surface area (Å²) in [6.07, 6.45) is -14.2. The third kappa shape index (κ3) is 6.79. The van der Waals surface area contributed by atoms with Crippen molar-refractivity contribution in [2.75, 3.05) is 19.8 Å². The maximum Gasteiger partial charge on any atom is 0.187 e. The molecule has 0 aromatic carbocycles. The first-order chi connectivity index (χ1) is 29.2. The molecule has 0 bridgehead atoms. The van der Waals surface area contributed by atoms with Gasteiger partial charge in [-0.05, 0) is 75.0 Å². The van der Waals surface area contributed by atoms with Gasteiger partial charge in [0.25, 0.3) is 0 Å². The summed E-state index contributed by atoms with van der Waals surface area (Å²) in [5, 5.41) is 111. The Morgan fingerprint density at radius 2 is 1.45 bits per heavy atom. The molecule has 62 heavy (non-hydrogen) atoms. The average Bonchev–Trinajstić information content (AvgIpc) is 3.56. The lowest BCUT2D eigenvalue weighted by Crippen LogP contribution is -2.67. The Hall–Kier alpha value is -0.980. The van der Waals surface area contributed by atoms with Gasteiger partial charge in [-0.15, -0.1) is 0 Å². The van der Waals surface area contributed by atoms with Crippen molar-refractivity contribution in [3.63, 3.8) is 0 Å². The van der Waals surface area contributed by atoms with Crippen molar-refractivity contribution in [2.45, 2.75) is 208 Å². The Balaban J connectivity index is 0.954. The van der Waals surface area contributed by atoms with Crippen molar-refractivity contribution < 1.29 is 89.0 Å². The Bertz CT molecular complexity index is 1660. The fraction of sp³-hybridized carbons (Fsp3) is 0.955. The number of aliphatic hydroxyl groups excluding tert-OH is 8. The van der Waals surface area contributed by atoms with Crippen LogP contribution in [-0.2, 0) is 37.9 Å². The van der Waals surface area contributed by atoms with Gasteiger partial charge in [0.2, 0.25) is 0 Å². The van der Waals surface area contributed by atoms with Crippen LogP contribution in [-0.4, -0.2) is 186 Å². The average molecular weight is 887 g/mol. The summed E-state index contributed by atoms with van der Waals surface area (Å²) in [4.78, 5) is 0. The first kappa shape index (κ1) is 46.1. The minimum Gasteiger partial charge on any atom is -0.394 e. The molecular formula is C44H70O18. The molecule has 5 saturated heterocycles. The fourth-order valence-corrected chi connectivity index (χ4v) is 13.6. The maximum atomic E-state index is 13.0. The van der Waals surface area contributed by atoms with Crippen LogP contribution in [0.4, 0.5) is 0 Å². The van der Waals surface area contributed by atoms with Crippen molar-refractivity contribution in [3.8, 4) is 0 Å². The summed E-state index contributed by atoms with van der Waals surface area (Å²) in [6, 6.07) is 0. The van der Waals surface area contributed by atoms with Gasteiger partial charge in [-0.1, -0.05) is 39.3 Å². The predicted molar refractivity (Wildman–Crippen MR) is 211 cm³/mol. The van der Waals surface area contributed by atoms with Crippen LogP contribution in [0.3, 0.4) is 0 Å². The second-order valence-electron chi connectivity index (χ2n) is 20.9. The summed E-state index contributed by atoms with van der Waals surface area (Å²) in [5.74, 6) is -0.768. The molecule has 5 heterocycles. The second kappa shape index (κ2) is 16.4. The normalized spacial score (nSPS) is 58.9. The van der Waals surface area contributed by atoms with Gasteiger partial charge < -0.3 is 89.0 Å². The molecule has 0 aromatic rings. The quantitative estimate of drug-likeness (QED) is 0.139. The van der Waals surface area contributed by atoms with Crippen molar-refractivity contribution in [3.05, 3.63) is 11.6 Å². The second-order valence-corrected chi connectivity index (χ2v) is 20.9. The molecule has 6 unspecified atom stereocenters. The zero-order valence-corrected chi connectivity index (χ0v) is 36.3. The Morgan fingerprint density at radius 1 is 0.726 bits per heavy atom. The summed E-state index contributed by atoms with van der Waals surface area (Å²) in [7, 11) is 0. The first-order valence-electron chi connectivity index (χ1n) is 22.9. The number of allylic oxidation sites excluding steroid dienone is 1. The standard InChI is InChI=1S/C44H70O18/c1-19-8-13-43(56-17-19)21(3)44(54)28(62-43)15-42(53)25-7-6-22-14-23(9-11-40(22,4)24(25)10-12-41(42,44)5)58-39-36(61-38-34(52)32(50)29(47)20(2)57-38)35(31(49)27(16-45)59-39)60-37-33(51)30(48)26(46)18-55-37/h6,19-21,23-39,45-54H,7-18H2,1-5H3/t19-,20+,21-,23?,24?,25?,26-,27-,28?,29+,30+,31-,32-,33-,34-,35+,36-,37+,38+,39-,40?,41?,42-,43-,44-/m1/s1. The van der Waals surface area contributed by atoms with Gasteiger partial charge in [0, 0.05) is 24.2 Å². The SMILES string of the molecule is C[C@@H]1CC[C@@]2(OC1)OC1C[C@@]3(O)C4CC=C5CC(O[C@@H]6O[C@H](CO)[C@@H](O)[C@H](O[C@@H]7OC[C@@H](O)[C@H](O)[C@H]7O)[C@H]6O[C@@H]6O[C@@H](C)[C@H](O)[C@@H](O)[C@H]6O)CCC5(C)C4CCC3(C)[C@@]1(O)[C@@H]2C. The molecule has 354 valence electrons. The van der Waals surface area contributed by atoms with Crippen LogP contribution >= 0.6 is 0 Å². The van der Waals surface area contributed by atoms with Crippen LogP contribution in [0, 0.1) is 34.5 Å². The molecule has 18 heteroatoms. The highest BCUT2D eigenvalue weighted by Gasteiger charge is 2.81. The largest absolute Gasteiger partial charge is 0.394 e. The van der Waals surface area contributed by atoms with E-state index in [1.165, 1.54) is 6.92 Å². The van der Waals surface area contributed by atoms with E-state index < -0.39 is 134 Å². The van der Waals surface area contributed by atoms with Crippen LogP contribution in [0.2, 0.25) is 0 Å². The molecule has 18 nitrogen and oxygen atoms in total. The zero-order chi connectivity index (χ0) is 44.5. The van der Waals surface area contributed by atoms with Gasteiger partial charge in [0.05, 0.1) is 43.7 Å². The lowest BCUT2D eigenvalue weighted by atomic mass is 9.44. The lowest BCUT2D eigenvalue weighted by Gasteiger charge is -2.63. The highest BCUT2D eigenvalue weighted by Crippen LogP contribution is 2.73. The van der Waals surface area contributed by atoms with Crippen LogP contribution in [0.25, 0.3) is 0 Å². The van der Waals surface area contributed by atoms with Gasteiger partial charge in [0.1, 0.15) is 66.6 Å². The third-order valence-electron chi connectivity index (χ3n) is 17.7. The van der Waals surface area contributed by atoms with Crippen LogP contribution in [0.15, 0.2) is 11.6 Å². The highest BCUT2D eigenvalue weighted by atomic mass is 16.8. The molecule has 9 aliphatic rings. The molecule has 4 aliphatic carbocycles. The topological polar surface area (TPSA) is 276 Å². The van der Waals surface area contributed by atoms with Gasteiger partial charge in [-0.2, -0.15) is 0 Å². The van der Waals surface area contributed by atoms with E-state index in [4.69, 9.17) is 37.9 Å². The van der Waals surface area contributed by atoms with Gasteiger partial charge >= 0.3 is 0 Å². The molecule has 3 saturated carbocycles. The summed E-state index contributed by atoms with van der Waals surface area (Å²) >= 11 is 0. The number of fused-ring (bicyclic) bond motifs is 7. The van der Waals surface area contributed by atoms with Crippen molar-refractivity contribution in [2.24, 2.45) is 34.5 Å². The van der Waals surface area contributed by atoms with E-state index in [0.29, 0.717) is 57.5 Å². The molecule has 10 N–H and O–H groups in total. The lowest BCUT2D eigenvalue weighted by molar-refractivity contribution is -0.390. The Labute approximate surface area is 362 Å². The molecule has 5 aliphatic heterocycles. The van der Waals surface area contributed by atoms with E-state index in [-0.39, 0.29) is 23.2 Å². The Morgan fingerprint density at radius 3 is 2.16 bits per heavy atom. The Kier molecular flexibility index (Phi) is 12.2. The van der Waals surface area contributed by atoms with E-state index in [1.54, 1.807) is 0 Å². The molecule has 8 fully saturated rings. The summed E-state index contributed by atoms with van der Waals surface area (Å²) < 4.78 is 49.6. The number of ether oxygens (including phenoxy) is 8. The van der Waals surface area contributed by atoms with Gasteiger partial charge in [-0.25, -0.2) is 0 Å². The monoisotopic (exact) mass is 886 g/mol. The molecule has 9 rings (SSSR count). The van der Waals surface area contributed by atoms with Gasteiger partial charge in [-0.3, -0.25) is 0 Å². The van der Waals surface area contributed by atoms with E-state index in [1.807, 2.05) is 6.92 Å². The predicted octanol–water partition coefficient (Wildman–Crippen LogP) is -0.917. The molecule has 0 amide bonds.